The maximum atomic E-state index is 12.6. The van der Waals surface area contributed by atoms with Crippen molar-refractivity contribution >= 4 is 6.09 Å². The first-order valence-electron chi connectivity index (χ1n) is 7.80. The molecule has 122 valence electrons. The summed E-state index contributed by atoms with van der Waals surface area (Å²) in [4.78, 5) is 14.4. The Balaban J connectivity index is 2.40. The summed E-state index contributed by atoms with van der Waals surface area (Å²) >= 11 is 0. The third-order valence-corrected chi connectivity index (χ3v) is 3.80. The van der Waals surface area contributed by atoms with Crippen LogP contribution in [-0.2, 0) is 11.2 Å². The van der Waals surface area contributed by atoms with Crippen LogP contribution in [0.15, 0.2) is 18.2 Å². The standard InChI is InChI=1S/C18H27NO3/c1-17(2,3)15-14-8-7-13(20)11-12(14)9-10-19(15)16(21)22-18(4,5)6/h7-8,11,15,20H,9-10H2,1-6H3. The topological polar surface area (TPSA) is 49.8 Å². The zero-order chi connectivity index (χ0) is 16.7. The van der Waals surface area contributed by atoms with E-state index in [1.54, 1.807) is 12.1 Å². The molecule has 1 aromatic carbocycles. The minimum Gasteiger partial charge on any atom is -0.508 e. The Hall–Kier alpha value is -1.71. The SMILES string of the molecule is CC(C)(C)OC(=O)N1CCc2cc(O)ccc2C1C(C)(C)C. The molecule has 1 aromatic rings. The van der Waals surface area contributed by atoms with Gasteiger partial charge in [0.25, 0.3) is 0 Å². The first kappa shape index (κ1) is 16.7. The number of carbonyl (C=O) groups is 1. The molecule has 2 rings (SSSR count). The summed E-state index contributed by atoms with van der Waals surface area (Å²) in [5.74, 6) is 0.275. The van der Waals surface area contributed by atoms with Crippen molar-refractivity contribution in [3.63, 3.8) is 0 Å². The number of aromatic hydroxyl groups is 1. The second-order valence-electron chi connectivity index (χ2n) is 8.08. The van der Waals surface area contributed by atoms with Crippen LogP contribution in [0.3, 0.4) is 0 Å². The number of carbonyl (C=O) groups excluding carboxylic acids is 1. The van der Waals surface area contributed by atoms with Crippen LogP contribution >= 0.6 is 0 Å². The summed E-state index contributed by atoms with van der Waals surface area (Å²) in [5.41, 5.74) is 1.58. The third-order valence-electron chi connectivity index (χ3n) is 3.80. The summed E-state index contributed by atoms with van der Waals surface area (Å²) in [6, 6.07) is 5.36. The summed E-state index contributed by atoms with van der Waals surface area (Å²) in [6.45, 7) is 12.6. The number of phenolic OH excluding ortho intramolecular Hbond substituents is 1. The molecule has 4 heteroatoms. The van der Waals surface area contributed by atoms with Gasteiger partial charge in [0.15, 0.2) is 0 Å². The number of ether oxygens (including phenoxy) is 1. The van der Waals surface area contributed by atoms with Crippen LogP contribution in [0.25, 0.3) is 0 Å². The molecule has 4 nitrogen and oxygen atoms in total. The number of fused-ring (bicyclic) bond motifs is 1. The fourth-order valence-corrected chi connectivity index (χ4v) is 3.06. The van der Waals surface area contributed by atoms with Gasteiger partial charge in [-0.25, -0.2) is 4.79 Å². The van der Waals surface area contributed by atoms with Crippen molar-refractivity contribution in [1.82, 2.24) is 4.90 Å². The molecule has 0 fully saturated rings. The van der Waals surface area contributed by atoms with Crippen LogP contribution in [0.5, 0.6) is 5.75 Å². The van der Waals surface area contributed by atoms with E-state index in [2.05, 4.69) is 20.8 Å². The van der Waals surface area contributed by atoms with Crippen molar-refractivity contribution in [3.8, 4) is 5.75 Å². The second kappa shape index (κ2) is 5.49. The smallest absolute Gasteiger partial charge is 0.410 e. The largest absolute Gasteiger partial charge is 0.508 e. The van der Waals surface area contributed by atoms with Crippen molar-refractivity contribution in [3.05, 3.63) is 29.3 Å². The number of benzene rings is 1. The van der Waals surface area contributed by atoms with Crippen LogP contribution in [0, 0.1) is 5.41 Å². The fourth-order valence-electron chi connectivity index (χ4n) is 3.06. The molecule has 1 aliphatic heterocycles. The van der Waals surface area contributed by atoms with E-state index in [0.717, 1.165) is 17.5 Å². The average Bonchev–Trinajstić information content (AvgIpc) is 2.33. The molecule has 0 saturated carbocycles. The molecular formula is C18H27NO3. The van der Waals surface area contributed by atoms with Crippen molar-refractivity contribution in [1.29, 1.82) is 0 Å². The van der Waals surface area contributed by atoms with Gasteiger partial charge in [-0.15, -0.1) is 0 Å². The van der Waals surface area contributed by atoms with Gasteiger partial charge in [0.05, 0.1) is 6.04 Å². The Kier molecular flexibility index (Phi) is 4.16. The predicted molar refractivity (Wildman–Crippen MR) is 86.9 cm³/mol. The number of hydrogen-bond donors (Lipinski definition) is 1. The zero-order valence-corrected chi connectivity index (χ0v) is 14.4. The molecule has 22 heavy (non-hydrogen) atoms. The van der Waals surface area contributed by atoms with E-state index >= 15 is 0 Å². The molecular weight excluding hydrogens is 278 g/mol. The van der Waals surface area contributed by atoms with E-state index in [4.69, 9.17) is 4.74 Å². The molecule has 1 aliphatic rings. The Labute approximate surface area is 133 Å². The maximum absolute atomic E-state index is 12.6. The molecule has 1 N–H and O–H groups in total. The minimum atomic E-state index is -0.505. The highest BCUT2D eigenvalue weighted by atomic mass is 16.6. The van der Waals surface area contributed by atoms with Gasteiger partial charge in [0.1, 0.15) is 11.4 Å². The second-order valence-corrected chi connectivity index (χ2v) is 8.08. The maximum Gasteiger partial charge on any atom is 0.410 e. The van der Waals surface area contributed by atoms with Gasteiger partial charge in [-0.1, -0.05) is 26.8 Å². The third kappa shape index (κ3) is 3.54. The first-order valence-corrected chi connectivity index (χ1v) is 7.80. The van der Waals surface area contributed by atoms with E-state index in [9.17, 15) is 9.90 Å². The molecule has 1 amide bonds. The van der Waals surface area contributed by atoms with E-state index in [1.165, 1.54) is 0 Å². The number of nitrogens with zero attached hydrogens (tertiary/aromatic N) is 1. The minimum absolute atomic E-state index is 0.0632. The van der Waals surface area contributed by atoms with Crippen molar-refractivity contribution in [2.24, 2.45) is 5.41 Å². The molecule has 1 unspecified atom stereocenters. The summed E-state index contributed by atoms with van der Waals surface area (Å²) in [5, 5.41) is 9.70. The molecule has 0 radical (unpaired) electrons. The molecule has 0 spiro atoms. The zero-order valence-electron chi connectivity index (χ0n) is 14.4. The number of amides is 1. The van der Waals surface area contributed by atoms with Crippen molar-refractivity contribution in [2.75, 3.05) is 6.54 Å². The molecule has 1 heterocycles. The lowest BCUT2D eigenvalue weighted by atomic mass is 9.77. The predicted octanol–water partition coefficient (Wildman–Crippen LogP) is 4.27. The monoisotopic (exact) mass is 305 g/mol. The van der Waals surface area contributed by atoms with Crippen LogP contribution in [-0.4, -0.2) is 28.2 Å². The van der Waals surface area contributed by atoms with Crippen molar-refractivity contribution < 1.29 is 14.6 Å². The lowest BCUT2D eigenvalue weighted by Crippen LogP contribution is -2.47. The Morgan fingerprint density at radius 2 is 1.86 bits per heavy atom. The van der Waals surface area contributed by atoms with Gasteiger partial charge in [0, 0.05) is 6.54 Å². The van der Waals surface area contributed by atoms with Gasteiger partial charge in [0.2, 0.25) is 0 Å². The molecule has 1 atom stereocenters. The fraction of sp³-hybridized carbons (Fsp3) is 0.611. The van der Waals surface area contributed by atoms with Crippen LogP contribution in [0.4, 0.5) is 4.79 Å². The highest BCUT2D eigenvalue weighted by Gasteiger charge is 2.40. The van der Waals surface area contributed by atoms with Gasteiger partial charge in [-0.2, -0.15) is 0 Å². The van der Waals surface area contributed by atoms with Crippen LogP contribution in [0.1, 0.15) is 58.7 Å². The first-order chi connectivity index (χ1) is 9.99. The lowest BCUT2D eigenvalue weighted by molar-refractivity contribution is -0.000976. The Morgan fingerprint density at radius 3 is 2.41 bits per heavy atom. The summed E-state index contributed by atoms with van der Waals surface area (Å²) in [7, 11) is 0. The Bertz CT molecular complexity index is 567. The number of rotatable bonds is 0. The number of hydrogen-bond acceptors (Lipinski definition) is 3. The average molecular weight is 305 g/mol. The highest BCUT2D eigenvalue weighted by molar-refractivity contribution is 5.70. The highest BCUT2D eigenvalue weighted by Crippen LogP contribution is 2.43. The molecule has 0 aromatic heterocycles. The Morgan fingerprint density at radius 1 is 1.23 bits per heavy atom. The van der Waals surface area contributed by atoms with Gasteiger partial charge >= 0.3 is 6.09 Å². The van der Waals surface area contributed by atoms with Gasteiger partial charge in [-0.05, 0) is 55.9 Å². The van der Waals surface area contributed by atoms with Gasteiger partial charge in [-0.3, -0.25) is 0 Å². The quantitative estimate of drug-likeness (QED) is 0.778. The van der Waals surface area contributed by atoms with E-state index in [0.29, 0.717) is 6.54 Å². The van der Waals surface area contributed by atoms with E-state index in [1.807, 2.05) is 31.7 Å². The van der Waals surface area contributed by atoms with E-state index < -0.39 is 5.60 Å². The summed E-state index contributed by atoms with van der Waals surface area (Å²) in [6.07, 6.45) is 0.460. The molecule has 0 bridgehead atoms. The van der Waals surface area contributed by atoms with Gasteiger partial charge < -0.3 is 14.7 Å². The molecule has 0 aliphatic carbocycles. The van der Waals surface area contributed by atoms with Crippen molar-refractivity contribution in [2.45, 2.75) is 59.6 Å². The normalized spacial score (nSPS) is 18.8. The summed E-state index contributed by atoms with van der Waals surface area (Å²) < 4.78 is 5.58. The molecule has 0 saturated heterocycles. The van der Waals surface area contributed by atoms with Crippen LogP contribution in [0.2, 0.25) is 0 Å². The van der Waals surface area contributed by atoms with Crippen LogP contribution < -0.4 is 0 Å². The number of phenols is 1. The lowest BCUT2D eigenvalue weighted by Gasteiger charge is -2.44. The van der Waals surface area contributed by atoms with E-state index in [-0.39, 0.29) is 23.3 Å².